The number of thiophene rings is 1. The van der Waals surface area contributed by atoms with Gasteiger partial charge in [-0.25, -0.2) is 0 Å². The van der Waals surface area contributed by atoms with Gasteiger partial charge in [0.25, 0.3) is 0 Å². The van der Waals surface area contributed by atoms with Gasteiger partial charge in [0, 0.05) is 12.1 Å². The molecule has 0 aliphatic rings. The third-order valence-electron chi connectivity index (χ3n) is 2.66. The summed E-state index contributed by atoms with van der Waals surface area (Å²) in [5, 5.41) is 8.06. The van der Waals surface area contributed by atoms with E-state index in [4.69, 9.17) is 0 Å². The summed E-state index contributed by atoms with van der Waals surface area (Å²) in [4.78, 5) is 0. The fourth-order valence-corrected chi connectivity index (χ4v) is 2.48. The van der Waals surface area contributed by atoms with Crippen molar-refractivity contribution in [3.8, 4) is 0 Å². The van der Waals surface area contributed by atoms with Gasteiger partial charge in [0.2, 0.25) is 0 Å². The van der Waals surface area contributed by atoms with Gasteiger partial charge in [-0.2, -0.15) is 11.3 Å². The highest BCUT2D eigenvalue weighted by Gasteiger charge is 2.10. The van der Waals surface area contributed by atoms with Crippen LogP contribution in [0.3, 0.4) is 0 Å². The quantitative estimate of drug-likeness (QED) is 0.750. The zero-order chi connectivity index (χ0) is 10.4. The van der Waals surface area contributed by atoms with Crippen LogP contribution in [0.25, 0.3) is 0 Å². The van der Waals surface area contributed by atoms with Crippen LogP contribution in [0.15, 0.2) is 16.8 Å². The minimum Gasteiger partial charge on any atom is -0.307 e. The van der Waals surface area contributed by atoms with Crippen LogP contribution >= 0.6 is 11.3 Å². The van der Waals surface area contributed by atoms with E-state index in [1.807, 2.05) is 0 Å². The van der Waals surface area contributed by atoms with Crippen molar-refractivity contribution in [1.29, 1.82) is 0 Å². The van der Waals surface area contributed by atoms with E-state index in [0.29, 0.717) is 12.1 Å². The second-order valence-corrected chi connectivity index (χ2v) is 4.62. The lowest BCUT2D eigenvalue weighted by atomic mass is 10.1. The molecule has 1 aromatic heterocycles. The zero-order valence-corrected chi connectivity index (χ0v) is 10.2. The van der Waals surface area contributed by atoms with Gasteiger partial charge in [-0.15, -0.1) is 0 Å². The predicted octanol–water partition coefficient (Wildman–Crippen LogP) is 3.98. The van der Waals surface area contributed by atoms with E-state index in [1.165, 1.54) is 24.8 Å². The van der Waals surface area contributed by atoms with Gasteiger partial charge in [0.05, 0.1) is 0 Å². The van der Waals surface area contributed by atoms with Crippen LogP contribution in [-0.2, 0) is 0 Å². The number of nitrogens with one attached hydrogen (secondary N) is 1. The molecule has 0 fully saturated rings. The third-order valence-corrected chi connectivity index (χ3v) is 3.36. The SMILES string of the molecule is CCCC(CC)NC(C)c1ccsc1. The summed E-state index contributed by atoms with van der Waals surface area (Å²) >= 11 is 1.78. The van der Waals surface area contributed by atoms with Crippen LogP contribution in [0.2, 0.25) is 0 Å². The van der Waals surface area contributed by atoms with E-state index in [0.717, 1.165) is 0 Å². The van der Waals surface area contributed by atoms with E-state index >= 15 is 0 Å². The maximum Gasteiger partial charge on any atom is 0.0302 e. The first kappa shape index (κ1) is 11.7. The highest BCUT2D eigenvalue weighted by Crippen LogP contribution is 2.17. The van der Waals surface area contributed by atoms with Gasteiger partial charge in [-0.3, -0.25) is 0 Å². The molecule has 0 saturated heterocycles. The summed E-state index contributed by atoms with van der Waals surface area (Å²) in [5.41, 5.74) is 1.42. The van der Waals surface area contributed by atoms with Crippen LogP contribution in [0, 0.1) is 0 Å². The molecule has 0 aliphatic carbocycles. The molecule has 0 saturated carbocycles. The minimum atomic E-state index is 0.498. The average molecular weight is 211 g/mol. The normalized spacial score (nSPS) is 15.4. The molecule has 0 aliphatic heterocycles. The molecule has 2 heteroatoms. The highest BCUT2D eigenvalue weighted by molar-refractivity contribution is 7.07. The van der Waals surface area contributed by atoms with Gasteiger partial charge in [0.1, 0.15) is 0 Å². The van der Waals surface area contributed by atoms with Gasteiger partial charge in [-0.05, 0) is 42.2 Å². The lowest BCUT2D eigenvalue weighted by molar-refractivity contribution is 0.417. The van der Waals surface area contributed by atoms with E-state index < -0.39 is 0 Å². The standard InChI is InChI=1S/C12H21NS/c1-4-6-12(5-2)13-10(3)11-7-8-14-9-11/h7-10,12-13H,4-6H2,1-3H3. The molecular weight excluding hydrogens is 190 g/mol. The Bertz CT molecular complexity index is 230. The number of rotatable bonds is 6. The molecule has 1 nitrogen and oxygen atoms in total. The van der Waals surface area contributed by atoms with E-state index in [9.17, 15) is 0 Å². The van der Waals surface area contributed by atoms with Crippen molar-refractivity contribution in [2.45, 2.75) is 52.1 Å². The maximum absolute atomic E-state index is 3.68. The third kappa shape index (κ3) is 3.43. The maximum atomic E-state index is 3.68. The van der Waals surface area contributed by atoms with Gasteiger partial charge in [-0.1, -0.05) is 20.3 Å². The molecule has 1 rings (SSSR count). The van der Waals surface area contributed by atoms with Gasteiger partial charge >= 0.3 is 0 Å². The second-order valence-electron chi connectivity index (χ2n) is 3.84. The molecular formula is C12H21NS. The zero-order valence-electron chi connectivity index (χ0n) is 9.42. The first-order valence-electron chi connectivity index (χ1n) is 5.56. The average Bonchev–Trinajstić information content (AvgIpc) is 2.69. The molecule has 1 aromatic rings. The van der Waals surface area contributed by atoms with Gasteiger partial charge in [0.15, 0.2) is 0 Å². The Morgan fingerprint density at radius 1 is 1.43 bits per heavy atom. The molecule has 2 atom stereocenters. The van der Waals surface area contributed by atoms with E-state index in [-0.39, 0.29) is 0 Å². The molecule has 0 aromatic carbocycles. The highest BCUT2D eigenvalue weighted by atomic mass is 32.1. The van der Waals surface area contributed by atoms with E-state index in [1.54, 1.807) is 11.3 Å². The Morgan fingerprint density at radius 2 is 2.21 bits per heavy atom. The summed E-state index contributed by atoms with van der Waals surface area (Å²) in [5.74, 6) is 0. The molecule has 0 bridgehead atoms. The van der Waals surface area contributed by atoms with Crippen molar-refractivity contribution in [1.82, 2.24) is 5.32 Å². The van der Waals surface area contributed by atoms with Crippen LogP contribution in [-0.4, -0.2) is 6.04 Å². The fourth-order valence-electron chi connectivity index (χ4n) is 1.72. The number of hydrogen-bond acceptors (Lipinski definition) is 2. The summed E-state index contributed by atoms with van der Waals surface area (Å²) < 4.78 is 0. The Balaban J connectivity index is 2.42. The predicted molar refractivity (Wildman–Crippen MR) is 64.9 cm³/mol. The summed E-state index contributed by atoms with van der Waals surface area (Å²) in [6.45, 7) is 6.76. The van der Waals surface area contributed by atoms with Crippen molar-refractivity contribution < 1.29 is 0 Å². The van der Waals surface area contributed by atoms with Crippen molar-refractivity contribution in [3.63, 3.8) is 0 Å². The first-order valence-corrected chi connectivity index (χ1v) is 6.50. The summed E-state index contributed by atoms with van der Waals surface area (Å²) in [7, 11) is 0. The molecule has 14 heavy (non-hydrogen) atoms. The lowest BCUT2D eigenvalue weighted by Crippen LogP contribution is -2.30. The molecule has 1 N–H and O–H groups in total. The van der Waals surface area contributed by atoms with Crippen molar-refractivity contribution in [2.75, 3.05) is 0 Å². The van der Waals surface area contributed by atoms with Crippen molar-refractivity contribution in [2.24, 2.45) is 0 Å². The summed E-state index contributed by atoms with van der Waals surface area (Å²) in [6.07, 6.45) is 3.77. The summed E-state index contributed by atoms with van der Waals surface area (Å²) in [6, 6.07) is 3.38. The molecule has 80 valence electrons. The monoisotopic (exact) mass is 211 g/mol. The minimum absolute atomic E-state index is 0.498. The van der Waals surface area contributed by atoms with E-state index in [2.05, 4.69) is 42.9 Å². The van der Waals surface area contributed by atoms with Crippen molar-refractivity contribution in [3.05, 3.63) is 22.4 Å². The Hall–Kier alpha value is -0.340. The second kappa shape index (κ2) is 6.20. The Morgan fingerprint density at radius 3 is 2.71 bits per heavy atom. The Kier molecular flexibility index (Phi) is 5.20. The molecule has 2 unspecified atom stereocenters. The molecule has 0 amide bonds. The number of hydrogen-bond donors (Lipinski definition) is 1. The first-order chi connectivity index (χ1) is 6.77. The van der Waals surface area contributed by atoms with Crippen LogP contribution in [0.1, 0.15) is 51.6 Å². The molecule has 1 heterocycles. The topological polar surface area (TPSA) is 12.0 Å². The van der Waals surface area contributed by atoms with Crippen LogP contribution in [0.5, 0.6) is 0 Å². The smallest absolute Gasteiger partial charge is 0.0302 e. The Labute approximate surface area is 91.5 Å². The fraction of sp³-hybridized carbons (Fsp3) is 0.667. The van der Waals surface area contributed by atoms with Crippen LogP contribution in [0.4, 0.5) is 0 Å². The molecule has 0 spiro atoms. The largest absolute Gasteiger partial charge is 0.307 e. The lowest BCUT2D eigenvalue weighted by Gasteiger charge is -2.21. The molecule has 0 radical (unpaired) electrons. The van der Waals surface area contributed by atoms with Crippen LogP contribution < -0.4 is 5.32 Å². The van der Waals surface area contributed by atoms with Crippen molar-refractivity contribution >= 4 is 11.3 Å². The van der Waals surface area contributed by atoms with Gasteiger partial charge < -0.3 is 5.32 Å².